The molecule has 2 atom stereocenters. The van der Waals surface area contributed by atoms with Crippen molar-refractivity contribution in [3.8, 4) is 0 Å². The molecule has 5 nitrogen and oxygen atoms in total. The molecule has 2 fully saturated rings. The Labute approximate surface area is 113 Å². The van der Waals surface area contributed by atoms with Gasteiger partial charge in [-0.1, -0.05) is 19.3 Å². The summed E-state index contributed by atoms with van der Waals surface area (Å²) in [6.45, 7) is 0.546. The molecule has 2 aliphatic carbocycles. The van der Waals surface area contributed by atoms with Gasteiger partial charge in [0.05, 0.1) is 12.0 Å². The van der Waals surface area contributed by atoms with Crippen molar-refractivity contribution in [2.45, 2.75) is 56.9 Å². The zero-order valence-electron chi connectivity index (χ0n) is 11.4. The van der Waals surface area contributed by atoms with Crippen LogP contribution < -0.4 is 11.1 Å². The Bertz CT molecular complexity index is 351. The van der Waals surface area contributed by atoms with E-state index in [1.807, 2.05) is 0 Å². The third-order valence-corrected chi connectivity index (χ3v) is 4.74. The number of carbonyl (C=O) groups excluding carboxylic acids is 1. The van der Waals surface area contributed by atoms with Gasteiger partial charge in [0.15, 0.2) is 0 Å². The van der Waals surface area contributed by atoms with Crippen LogP contribution in [0.5, 0.6) is 0 Å². The van der Waals surface area contributed by atoms with Gasteiger partial charge in [0.1, 0.15) is 0 Å². The van der Waals surface area contributed by atoms with Gasteiger partial charge >= 0.3 is 5.97 Å². The van der Waals surface area contributed by atoms with Crippen LogP contribution in [0.1, 0.15) is 51.4 Å². The van der Waals surface area contributed by atoms with Crippen molar-refractivity contribution in [1.29, 1.82) is 0 Å². The Morgan fingerprint density at radius 1 is 1.21 bits per heavy atom. The van der Waals surface area contributed by atoms with Gasteiger partial charge in [0.2, 0.25) is 5.91 Å². The fraction of sp³-hybridized carbons (Fsp3) is 0.857. The molecule has 0 aromatic heterocycles. The summed E-state index contributed by atoms with van der Waals surface area (Å²) in [4.78, 5) is 23.4. The lowest BCUT2D eigenvalue weighted by atomic mass is 9.89. The van der Waals surface area contributed by atoms with Crippen LogP contribution in [0.15, 0.2) is 0 Å². The summed E-state index contributed by atoms with van der Waals surface area (Å²) >= 11 is 0. The predicted octanol–water partition coefficient (Wildman–Crippen LogP) is 1.27. The summed E-state index contributed by atoms with van der Waals surface area (Å²) in [6, 6.07) is 0. The Hall–Kier alpha value is -1.10. The van der Waals surface area contributed by atoms with Gasteiger partial charge in [-0.15, -0.1) is 0 Å². The molecule has 0 heterocycles. The first-order valence-corrected chi connectivity index (χ1v) is 7.30. The number of carboxylic acid groups (broad SMARTS) is 1. The Kier molecular flexibility index (Phi) is 4.45. The second-order valence-corrected chi connectivity index (χ2v) is 6.08. The fourth-order valence-corrected chi connectivity index (χ4v) is 3.71. The number of amides is 1. The van der Waals surface area contributed by atoms with Crippen LogP contribution >= 0.6 is 0 Å². The van der Waals surface area contributed by atoms with E-state index in [2.05, 4.69) is 5.32 Å². The largest absolute Gasteiger partial charge is 0.481 e. The highest BCUT2D eigenvalue weighted by Crippen LogP contribution is 2.36. The van der Waals surface area contributed by atoms with Gasteiger partial charge in [-0.05, 0) is 38.1 Å². The van der Waals surface area contributed by atoms with Gasteiger partial charge in [-0.25, -0.2) is 0 Å². The van der Waals surface area contributed by atoms with Gasteiger partial charge < -0.3 is 16.2 Å². The lowest BCUT2D eigenvalue weighted by Crippen LogP contribution is -2.50. The van der Waals surface area contributed by atoms with E-state index >= 15 is 0 Å². The molecule has 4 N–H and O–H groups in total. The third-order valence-electron chi connectivity index (χ3n) is 4.74. The SMILES string of the molecule is NCC1CCCC1C(=O)NC1(CC(=O)O)CCCC1. The van der Waals surface area contributed by atoms with Crippen molar-refractivity contribution >= 4 is 11.9 Å². The monoisotopic (exact) mass is 268 g/mol. The molecule has 2 saturated carbocycles. The third kappa shape index (κ3) is 3.26. The fourth-order valence-electron chi connectivity index (χ4n) is 3.71. The van der Waals surface area contributed by atoms with Crippen molar-refractivity contribution < 1.29 is 14.7 Å². The van der Waals surface area contributed by atoms with Crippen molar-refractivity contribution in [2.24, 2.45) is 17.6 Å². The molecular weight excluding hydrogens is 244 g/mol. The molecule has 0 aromatic carbocycles. The van der Waals surface area contributed by atoms with E-state index in [0.29, 0.717) is 6.54 Å². The number of rotatable bonds is 5. The molecule has 0 radical (unpaired) electrons. The van der Waals surface area contributed by atoms with Crippen LogP contribution in [-0.4, -0.2) is 29.1 Å². The van der Waals surface area contributed by atoms with E-state index in [-0.39, 0.29) is 24.2 Å². The van der Waals surface area contributed by atoms with E-state index in [1.165, 1.54) is 0 Å². The zero-order chi connectivity index (χ0) is 13.9. The molecule has 2 unspecified atom stereocenters. The van der Waals surface area contributed by atoms with Crippen LogP contribution in [0.3, 0.4) is 0 Å². The van der Waals surface area contributed by atoms with Crippen LogP contribution in [0.2, 0.25) is 0 Å². The first kappa shape index (κ1) is 14.3. The Morgan fingerprint density at radius 3 is 2.47 bits per heavy atom. The summed E-state index contributed by atoms with van der Waals surface area (Å²) in [7, 11) is 0. The van der Waals surface area contributed by atoms with Crippen LogP contribution in [0.4, 0.5) is 0 Å². The Morgan fingerprint density at radius 2 is 1.89 bits per heavy atom. The smallest absolute Gasteiger partial charge is 0.305 e. The van der Waals surface area contributed by atoms with E-state index in [9.17, 15) is 9.59 Å². The van der Waals surface area contributed by atoms with Crippen LogP contribution in [0, 0.1) is 11.8 Å². The van der Waals surface area contributed by atoms with E-state index in [4.69, 9.17) is 10.8 Å². The summed E-state index contributed by atoms with van der Waals surface area (Å²) in [5.41, 5.74) is 5.20. The second-order valence-electron chi connectivity index (χ2n) is 6.08. The molecule has 0 aliphatic heterocycles. The molecule has 0 bridgehead atoms. The molecule has 0 spiro atoms. The molecule has 19 heavy (non-hydrogen) atoms. The minimum atomic E-state index is -0.830. The lowest BCUT2D eigenvalue weighted by Gasteiger charge is -2.31. The number of aliphatic carboxylic acids is 1. The quantitative estimate of drug-likeness (QED) is 0.700. The number of carboxylic acids is 1. The van der Waals surface area contributed by atoms with Gasteiger partial charge in [0.25, 0.3) is 0 Å². The summed E-state index contributed by atoms with van der Waals surface area (Å²) < 4.78 is 0. The van der Waals surface area contributed by atoms with Crippen molar-refractivity contribution in [1.82, 2.24) is 5.32 Å². The number of hydrogen-bond donors (Lipinski definition) is 3. The number of nitrogens with one attached hydrogen (secondary N) is 1. The minimum Gasteiger partial charge on any atom is -0.481 e. The zero-order valence-corrected chi connectivity index (χ0v) is 11.4. The van der Waals surface area contributed by atoms with Gasteiger partial charge in [0, 0.05) is 5.92 Å². The summed E-state index contributed by atoms with van der Waals surface area (Å²) in [5, 5.41) is 12.1. The van der Waals surface area contributed by atoms with Crippen molar-refractivity contribution in [2.75, 3.05) is 6.54 Å². The molecular formula is C14H24N2O3. The normalized spacial score (nSPS) is 29.3. The number of carbonyl (C=O) groups is 2. The van der Waals surface area contributed by atoms with E-state index in [1.54, 1.807) is 0 Å². The van der Waals surface area contributed by atoms with Gasteiger partial charge in [-0.3, -0.25) is 9.59 Å². The Balaban J connectivity index is 2.01. The molecule has 2 aliphatic rings. The van der Waals surface area contributed by atoms with Crippen LogP contribution in [0.25, 0.3) is 0 Å². The highest BCUT2D eigenvalue weighted by molar-refractivity contribution is 5.81. The van der Waals surface area contributed by atoms with Gasteiger partial charge in [-0.2, -0.15) is 0 Å². The second kappa shape index (κ2) is 5.90. The number of nitrogens with two attached hydrogens (primary N) is 1. The van der Waals surface area contributed by atoms with E-state index < -0.39 is 11.5 Å². The molecule has 0 aromatic rings. The maximum Gasteiger partial charge on any atom is 0.305 e. The van der Waals surface area contributed by atoms with Crippen LogP contribution in [-0.2, 0) is 9.59 Å². The lowest BCUT2D eigenvalue weighted by molar-refractivity contribution is -0.139. The van der Waals surface area contributed by atoms with E-state index in [0.717, 1.165) is 44.9 Å². The molecule has 5 heteroatoms. The predicted molar refractivity (Wildman–Crippen MR) is 71.5 cm³/mol. The highest BCUT2D eigenvalue weighted by atomic mass is 16.4. The average molecular weight is 268 g/mol. The topological polar surface area (TPSA) is 92.4 Å². The minimum absolute atomic E-state index is 0.0173. The molecule has 108 valence electrons. The maximum atomic E-state index is 12.4. The molecule has 2 rings (SSSR count). The van der Waals surface area contributed by atoms with Crippen molar-refractivity contribution in [3.63, 3.8) is 0 Å². The highest BCUT2D eigenvalue weighted by Gasteiger charge is 2.40. The summed E-state index contributed by atoms with van der Waals surface area (Å²) in [6.07, 6.45) is 6.55. The molecule has 1 amide bonds. The maximum absolute atomic E-state index is 12.4. The van der Waals surface area contributed by atoms with Crippen molar-refractivity contribution in [3.05, 3.63) is 0 Å². The standard InChI is InChI=1S/C14H24N2O3/c15-9-10-4-3-5-11(10)13(19)16-14(8-12(17)18)6-1-2-7-14/h10-11H,1-9,15H2,(H,16,19)(H,17,18). The molecule has 0 saturated heterocycles. The summed E-state index contributed by atoms with van der Waals surface area (Å²) in [5.74, 6) is -0.556. The first-order chi connectivity index (χ1) is 9.06. The number of hydrogen-bond acceptors (Lipinski definition) is 3. The average Bonchev–Trinajstić information content (AvgIpc) is 2.96. The first-order valence-electron chi connectivity index (χ1n) is 7.30.